The van der Waals surface area contributed by atoms with Gasteiger partial charge in [0, 0.05) is 18.6 Å². The molecule has 262 valence electrons. The zero-order valence-corrected chi connectivity index (χ0v) is 36.1. The maximum atomic E-state index is 12.8. The van der Waals surface area contributed by atoms with E-state index >= 15 is 0 Å². The fourth-order valence-corrected chi connectivity index (χ4v) is 15.2. The smallest absolute Gasteiger partial charge is 0.292 e. The molecule has 4 fully saturated rings. The number of fused-ring (bicyclic) bond motifs is 5. The van der Waals surface area contributed by atoms with Crippen molar-refractivity contribution in [1.29, 1.82) is 0 Å². The van der Waals surface area contributed by atoms with Gasteiger partial charge < -0.3 is 17.7 Å². The summed E-state index contributed by atoms with van der Waals surface area (Å²) >= 11 is 0. The van der Waals surface area contributed by atoms with Crippen LogP contribution in [0, 0.1) is 46.3 Å². The summed E-state index contributed by atoms with van der Waals surface area (Å²) in [6, 6.07) is 0. The molecule has 11 atom stereocenters. The van der Waals surface area contributed by atoms with Crippen molar-refractivity contribution < 1.29 is 22.5 Å². The van der Waals surface area contributed by atoms with Crippen LogP contribution in [0.15, 0.2) is 0 Å². The van der Waals surface area contributed by atoms with Crippen molar-refractivity contribution in [3.8, 4) is 0 Å². The third-order valence-corrected chi connectivity index (χ3v) is 16.1. The highest BCUT2D eigenvalue weighted by Gasteiger charge is 2.67. The van der Waals surface area contributed by atoms with Gasteiger partial charge in [-0.2, -0.15) is 0 Å². The quantitative estimate of drug-likeness (QED) is 0.201. The Balaban J connectivity index is 1.68. The number of rotatable bonds is 11. The SMILES string of the molecule is CC(CCC(=O)O[Si](C)(C)C)C1CCC2C3C(C[C@H](O[Si](C)(C)C)C12C)C1(C)CC[C@@H](O[Si](C)(C)C)CC1C[C@H]3O[Si](C)(C)C. The molecule has 4 rings (SSSR count). The van der Waals surface area contributed by atoms with Gasteiger partial charge in [0.15, 0.2) is 25.0 Å². The van der Waals surface area contributed by atoms with Gasteiger partial charge in [0.05, 0.1) is 6.10 Å². The number of carbonyl (C=O) groups is 1. The molecule has 4 aliphatic carbocycles. The van der Waals surface area contributed by atoms with Crippen molar-refractivity contribution in [2.24, 2.45) is 46.3 Å². The summed E-state index contributed by atoms with van der Waals surface area (Å²) in [5.41, 5.74) is 0.419. The van der Waals surface area contributed by atoms with Crippen LogP contribution in [0.1, 0.15) is 78.6 Å². The monoisotopic (exact) mass is 696 g/mol. The van der Waals surface area contributed by atoms with Gasteiger partial charge in [-0.25, -0.2) is 0 Å². The topological polar surface area (TPSA) is 54.0 Å². The van der Waals surface area contributed by atoms with Gasteiger partial charge in [0.1, 0.15) is 0 Å². The minimum atomic E-state index is -1.87. The Morgan fingerprint density at radius 2 is 1.33 bits per heavy atom. The molecular formula is C36H72O5Si4. The number of hydrogen-bond donors (Lipinski definition) is 0. The van der Waals surface area contributed by atoms with Crippen molar-refractivity contribution in [2.75, 3.05) is 0 Å². The highest BCUT2D eigenvalue weighted by molar-refractivity contribution is 6.71. The molecule has 0 aromatic carbocycles. The van der Waals surface area contributed by atoms with E-state index in [0.29, 0.717) is 59.6 Å². The van der Waals surface area contributed by atoms with Crippen molar-refractivity contribution in [3.63, 3.8) is 0 Å². The van der Waals surface area contributed by atoms with Crippen LogP contribution in [0.3, 0.4) is 0 Å². The van der Waals surface area contributed by atoms with Gasteiger partial charge in [0.25, 0.3) is 5.97 Å². The van der Waals surface area contributed by atoms with E-state index in [-0.39, 0.29) is 17.5 Å². The van der Waals surface area contributed by atoms with E-state index in [1.54, 1.807) is 0 Å². The summed E-state index contributed by atoms with van der Waals surface area (Å²) in [7, 11) is -7.03. The molecule has 0 aromatic rings. The Labute approximate surface area is 282 Å². The molecule has 5 nitrogen and oxygen atoms in total. The molecule has 0 saturated heterocycles. The first-order chi connectivity index (χ1) is 20.3. The van der Waals surface area contributed by atoms with Crippen molar-refractivity contribution >= 4 is 39.2 Å². The largest absolute Gasteiger partial charge is 0.520 e. The molecule has 9 heteroatoms. The van der Waals surface area contributed by atoms with Gasteiger partial charge in [-0.05, 0) is 176 Å². The van der Waals surface area contributed by atoms with Crippen molar-refractivity contribution in [3.05, 3.63) is 0 Å². The maximum absolute atomic E-state index is 12.8. The summed E-state index contributed by atoms with van der Waals surface area (Å²) in [6.07, 6.45) is 11.0. The van der Waals surface area contributed by atoms with Gasteiger partial charge in [-0.1, -0.05) is 20.8 Å². The van der Waals surface area contributed by atoms with E-state index in [1.807, 2.05) is 0 Å². The summed E-state index contributed by atoms with van der Waals surface area (Å²) in [6.45, 7) is 35.4. The fourth-order valence-electron chi connectivity index (χ4n) is 10.8. The van der Waals surface area contributed by atoms with E-state index in [4.69, 9.17) is 17.7 Å². The standard InChI is InChI=1S/C36H72O5Si4/c1-25(16-19-33(37)41-45(13,14)15)28-17-18-29-34-30(24-32(36(28,29)3)40-44(10,11)12)35(2)21-20-27(38-42(4,5)6)22-26(35)23-31(34)39-43(7,8)9/h25-32,34H,16-24H2,1-15H3/t25?,26?,27-,28?,29?,30?,31-,32+,34?,35?,36?/m1/s1. The van der Waals surface area contributed by atoms with Crippen LogP contribution in [-0.2, 0) is 22.5 Å². The third-order valence-electron chi connectivity index (χ3n) is 12.2. The Hall–Kier alpha value is 0.218. The summed E-state index contributed by atoms with van der Waals surface area (Å²) in [4.78, 5) is 12.8. The second kappa shape index (κ2) is 13.2. The average Bonchev–Trinajstić information content (AvgIpc) is 3.18. The fraction of sp³-hybridized carbons (Fsp3) is 0.972. The summed E-state index contributed by atoms with van der Waals surface area (Å²) < 4.78 is 27.3. The third kappa shape index (κ3) is 8.88. The Bertz CT molecular complexity index is 1040. The molecule has 0 aromatic heterocycles. The van der Waals surface area contributed by atoms with Crippen LogP contribution < -0.4 is 0 Å². The molecular weight excluding hydrogens is 625 g/mol. The van der Waals surface area contributed by atoms with Gasteiger partial charge in [0.2, 0.25) is 8.32 Å². The van der Waals surface area contributed by atoms with E-state index < -0.39 is 33.3 Å². The Morgan fingerprint density at radius 3 is 1.89 bits per heavy atom. The predicted octanol–water partition coefficient (Wildman–Crippen LogP) is 10.3. The van der Waals surface area contributed by atoms with Crippen molar-refractivity contribution in [1.82, 2.24) is 0 Å². The summed E-state index contributed by atoms with van der Waals surface area (Å²) in [5, 5.41) is 0. The minimum absolute atomic E-state index is 0.00267. The van der Waals surface area contributed by atoms with Crippen LogP contribution in [0.2, 0.25) is 78.6 Å². The lowest BCUT2D eigenvalue weighted by molar-refractivity contribution is -0.199. The first-order valence-electron chi connectivity index (χ1n) is 18.6. The molecule has 0 aliphatic heterocycles. The highest BCUT2D eigenvalue weighted by atomic mass is 28.4. The van der Waals surface area contributed by atoms with E-state index in [9.17, 15) is 4.79 Å². The predicted molar refractivity (Wildman–Crippen MR) is 198 cm³/mol. The highest BCUT2D eigenvalue weighted by Crippen LogP contribution is 2.69. The molecule has 0 N–H and O–H groups in total. The zero-order chi connectivity index (χ0) is 34.0. The van der Waals surface area contributed by atoms with Gasteiger partial charge in [-0.3, -0.25) is 4.79 Å². The van der Waals surface area contributed by atoms with Gasteiger partial charge >= 0.3 is 0 Å². The Kier molecular flexibility index (Phi) is 11.1. The number of carbonyl (C=O) groups excluding carboxylic acids is 1. The second-order valence-corrected chi connectivity index (χ2v) is 38.0. The molecule has 4 aliphatic rings. The van der Waals surface area contributed by atoms with E-state index in [1.165, 1.54) is 44.9 Å². The number of hydrogen-bond acceptors (Lipinski definition) is 5. The lowest BCUT2D eigenvalue weighted by Crippen LogP contribution is -2.64. The lowest BCUT2D eigenvalue weighted by Gasteiger charge is -2.66. The molecule has 0 radical (unpaired) electrons. The maximum Gasteiger partial charge on any atom is 0.292 e. The first kappa shape index (κ1) is 38.0. The van der Waals surface area contributed by atoms with Crippen molar-refractivity contribution in [2.45, 2.75) is 175 Å². The molecule has 8 unspecified atom stereocenters. The molecule has 0 spiro atoms. The Morgan fingerprint density at radius 1 is 0.733 bits per heavy atom. The minimum Gasteiger partial charge on any atom is -0.520 e. The normalized spacial score (nSPS) is 39.9. The molecule has 0 bridgehead atoms. The van der Waals surface area contributed by atoms with Crippen LogP contribution in [0.5, 0.6) is 0 Å². The van der Waals surface area contributed by atoms with Crippen LogP contribution in [-0.4, -0.2) is 57.6 Å². The molecule has 4 saturated carbocycles. The molecule has 45 heavy (non-hydrogen) atoms. The summed E-state index contributed by atoms with van der Waals surface area (Å²) in [5.74, 6) is 3.51. The zero-order valence-electron chi connectivity index (χ0n) is 32.1. The van der Waals surface area contributed by atoms with Crippen LogP contribution in [0.4, 0.5) is 0 Å². The molecule has 0 heterocycles. The van der Waals surface area contributed by atoms with Gasteiger partial charge in [-0.15, -0.1) is 0 Å². The second-order valence-electron chi connectivity index (χ2n) is 20.2. The van der Waals surface area contributed by atoms with Crippen LogP contribution >= 0.6 is 0 Å². The lowest BCUT2D eigenvalue weighted by atomic mass is 9.43. The van der Waals surface area contributed by atoms with Crippen LogP contribution in [0.25, 0.3) is 0 Å². The van der Waals surface area contributed by atoms with E-state index in [2.05, 4.69) is 99.3 Å². The van der Waals surface area contributed by atoms with E-state index in [0.717, 1.165) is 6.42 Å². The first-order valence-corrected chi connectivity index (χ1v) is 32.2. The molecule has 0 amide bonds. The average molecular weight is 697 g/mol.